The van der Waals surface area contributed by atoms with Crippen molar-refractivity contribution in [3.05, 3.63) is 46.5 Å². The van der Waals surface area contributed by atoms with Crippen molar-refractivity contribution in [3.8, 4) is 23.3 Å². The van der Waals surface area contributed by atoms with E-state index in [9.17, 15) is 14.5 Å². The lowest BCUT2D eigenvalue weighted by Crippen LogP contribution is -1.99. The van der Waals surface area contributed by atoms with E-state index in [0.29, 0.717) is 11.3 Å². The number of ether oxygens (including phenoxy) is 3. The largest absolute Gasteiger partial charge is 0.491 e. The maximum absolute atomic E-state index is 14.0. The molecule has 0 saturated carbocycles. The maximum Gasteiger partial charge on any atom is 0.272 e. The highest BCUT2D eigenvalue weighted by molar-refractivity contribution is 5.81. The summed E-state index contributed by atoms with van der Waals surface area (Å²) in [5.41, 5.74) is 0.227. The van der Waals surface area contributed by atoms with Gasteiger partial charge in [-0.1, -0.05) is 0 Å². The number of fused-ring (bicyclic) bond motifs is 1. The first-order chi connectivity index (χ1) is 12.0. The van der Waals surface area contributed by atoms with E-state index in [1.165, 1.54) is 20.5 Å². The molecule has 0 bridgehead atoms. The SMILES string of the molecule is COc1cc2ncnc(Oc3ccc([N+](=O)[O-])cc3F)c2nc1OC. The normalized spacial score (nSPS) is 10.5. The van der Waals surface area contributed by atoms with Crippen molar-refractivity contribution in [2.75, 3.05) is 14.2 Å². The molecule has 128 valence electrons. The van der Waals surface area contributed by atoms with E-state index in [1.807, 2.05) is 0 Å². The van der Waals surface area contributed by atoms with Gasteiger partial charge in [-0.25, -0.2) is 14.4 Å². The van der Waals surface area contributed by atoms with Crippen LogP contribution in [0.2, 0.25) is 0 Å². The molecule has 3 aromatic rings. The Kier molecular flexibility index (Phi) is 4.25. The van der Waals surface area contributed by atoms with Crippen molar-refractivity contribution >= 4 is 16.7 Å². The lowest BCUT2D eigenvalue weighted by molar-refractivity contribution is -0.385. The molecule has 0 aliphatic carbocycles. The van der Waals surface area contributed by atoms with E-state index in [-0.39, 0.29) is 28.7 Å². The number of rotatable bonds is 5. The molecule has 2 heterocycles. The van der Waals surface area contributed by atoms with Crippen LogP contribution in [0.5, 0.6) is 23.3 Å². The number of nitrogens with zero attached hydrogens (tertiary/aromatic N) is 4. The number of aromatic nitrogens is 3. The van der Waals surface area contributed by atoms with Crippen molar-refractivity contribution in [1.82, 2.24) is 15.0 Å². The fourth-order valence-electron chi connectivity index (χ4n) is 2.09. The van der Waals surface area contributed by atoms with Gasteiger partial charge in [-0.2, -0.15) is 4.98 Å². The van der Waals surface area contributed by atoms with Crippen molar-refractivity contribution in [3.63, 3.8) is 0 Å². The molecule has 0 unspecified atom stereocenters. The number of hydrogen-bond acceptors (Lipinski definition) is 8. The quantitative estimate of drug-likeness (QED) is 0.512. The standard InChI is InChI=1S/C15H11FN4O5/c1-23-12-6-10-13(19-14(12)24-2)15(18-7-17-10)25-11-4-3-8(20(21)22)5-9(11)16/h3-7H,1-2H3. The Morgan fingerprint density at radius 2 is 1.88 bits per heavy atom. The highest BCUT2D eigenvalue weighted by atomic mass is 19.1. The van der Waals surface area contributed by atoms with Gasteiger partial charge >= 0.3 is 0 Å². The second kappa shape index (κ2) is 6.51. The van der Waals surface area contributed by atoms with Gasteiger partial charge in [0.15, 0.2) is 22.8 Å². The highest BCUT2D eigenvalue weighted by Gasteiger charge is 2.17. The summed E-state index contributed by atoms with van der Waals surface area (Å²) in [5, 5.41) is 10.7. The van der Waals surface area contributed by atoms with Gasteiger partial charge in [-0.05, 0) is 6.07 Å². The third kappa shape index (κ3) is 3.09. The Bertz CT molecular complexity index is 966. The third-order valence-electron chi connectivity index (χ3n) is 3.26. The third-order valence-corrected chi connectivity index (χ3v) is 3.26. The molecule has 0 fully saturated rings. The number of benzene rings is 1. The van der Waals surface area contributed by atoms with Gasteiger partial charge < -0.3 is 14.2 Å². The van der Waals surface area contributed by atoms with E-state index < -0.39 is 10.7 Å². The van der Waals surface area contributed by atoms with Crippen LogP contribution in [0.3, 0.4) is 0 Å². The predicted molar refractivity (Wildman–Crippen MR) is 83.6 cm³/mol. The monoisotopic (exact) mass is 346 g/mol. The summed E-state index contributed by atoms with van der Waals surface area (Å²) < 4.78 is 29.7. The Hall–Kier alpha value is -3.56. The van der Waals surface area contributed by atoms with Gasteiger partial charge in [-0.3, -0.25) is 10.1 Å². The Labute approximate surface area is 140 Å². The fraction of sp³-hybridized carbons (Fsp3) is 0.133. The average Bonchev–Trinajstić information content (AvgIpc) is 2.62. The van der Waals surface area contributed by atoms with Crippen molar-refractivity contribution in [2.45, 2.75) is 0 Å². The zero-order valence-electron chi connectivity index (χ0n) is 13.1. The summed E-state index contributed by atoms with van der Waals surface area (Å²) in [6, 6.07) is 4.60. The molecule has 0 atom stereocenters. The number of non-ortho nitro benzene ring substituents is 1. The Balaban J connectivity index is 2.06. The summed E-state index contributed by atoms with van der Waals surface area (Å²) in [4.78, 5) is 22.2. The summed E-state index contributed by atoms with van der Waals surface area (Å²) in [7, 11) is 2.87. The molecule has 25 heavy (non-hydrogen) atoms. The topological polar surface area (TPSA) is 110 Å². The summed E-state index contributed by atoms with van der Waals surface area (Å²) in [5.74, 6) is -0.623. The molecule has 9 nitrogen and oxygen atoms in total. The van der Waals surface area contributed by atoms with E-state index in [2.05, 4.69) is 15.0 Å². The average molecular weight is 346 g/mol. The molecule has 2 aromatic heterocycles. The van der Waals surface area contributed by atoms with Crippen LogP contribution in [-0.2, 0) is 0 Å². The lowest BCUT2D eigenvalue weighted by atomic mass is 10.3. The lowest BCUT2D eigenvalue weighted by Gasteiger charge is -2.10. The number of hydrogen-bond donors (Lipinski definition) is 0. The van der Waals surface area contributed by atoms with Crippen LogP contribution in [0, 0.1) is 15.9 Å². The van der Waals surface area contributed by atoms with E-state index in [1.54, 1.807) is 6.07 Å². The molecule has 0 spiro atoms. The van der Waals surface area contributed by atoms with E-state index in [0.717, 1.165) is 18.2 Å². The molecule has 0 radical (unpaired) electrons. The number of nitro groups is 1. The van der Waals surface area contributed by atoms with Crippen LogP contribution in [-0.4, -0.2) is 34.1 Å². The first-order valence-corrected chi connectivity index (χ1v) is 6.89. The van der Waals surface area contributed by atoms with Crippen LogP contribution in [0.4, 0.5) is 10.1 Å². The fourth-order valence-corrected chi connectivity index (χ4v) is 2.09. The highest BCUT2D eigenvalue weighted by Crippen LogP contribution is 2.33. The van der Waals surface area contributed by atoms with Crippen LogP contribution >= 0.6 is 0 Å². The number of halogens is 1. The van der Waals surface area contributed by atoms with Gasteiger partial charge in [0, 0.05) is 12.1 Å². The van der Waals surface area contributed by atoms with Crippen molar-refractivity contribution < 1.29 is 23.5 Å². The molecule has 0 N–H and O–H groups in total. The van der Waals surface area contributed by atoms with Gasteiger partial charge in [0.25, 0.3) is 11.6 Å². The van der Waals surface area contributed by atoms with Crippen molar-refractivity contribution in [2.24, 2.45) is 0 Å². The van der Waals surface area contributed by atoms with Crippen LogP contribution in [0.25, 0.3) is 11.0 Å². The second-order valence-corrected chi connectivity index (χ2v) is 4.72. The van der Waals surface area contributed by atoms with Crippen LogP contribution in [0.1, 0.15) is 0 Å². The number of nitro benzene ring substituents is 1. The van der Waals surface area contributed by atoms with Crippen LogP contribution < -0.4 is 14.2 Å². The maximum atomic E-state index is 14.0. The minimum absolute atomic E-state index is 0.0290. The predicted octanol–water partition coefficient (Wildman–Crippen LogP) is 2.88. The molecular weight excluding hydrogens is 335 g/mol. The minimum atomic E-state index is -0.901. The summed E-state index contributed by atoms with van der Waals surface area (Å²) >= 11 is 0. The second-order valence-electron chi connectivity index (χ2n) is 4.72. The first-order valence-electron chi connectivity index (χ1n) is 6.89. The molecule has 1 aromatic carbocycles. The van der Waals surface area contributed by atoms with E-state index >= 15 is 0 Å². The van der Waals surface area contributed by atoms with Crippen LogP contribution in [0.15, 0.2) is 30.6 Å². The summed E-state index contributed by atoms with van der Waals surface area (Å²) in [6.45, 7) is 0. The Morgan fingerprint density at radius 3 is 2.52 bits per heavy atom. The number of pyridine rings is 1. The molecule has 3 rings (SSSR count). The zero-order valence-corrected chi connectivity index (χ0v) is 13.1. The first kappa shape index (κ1) is 16.3. The zero-order chi connectivity index (χ0) is 18.0. The molecule has 0 saturated heterocycles. The molecule has 10 heteroatoms. The smallest absolute Gasteiger partial charge is 0.272 e. The van der Waals surface area contributed by atoms with Gasteiger partial charge in [0.2, 0.25) is 5.88 Å². The summed E-state index contributed by atoms with van der Waals surface area (Å²) in [6.07, 6.45) is 1.22. The molecular formula is C15H11FN4O5. The molecule has 0 aliphatic rings. The van der Waals surface area contributed by atoms with Gasteiger partial charge in [-0.15, -0.1) is 0 Å². The van der Waals surface area contributed by atoms with Gasteiger partial charge in [0.05, 0.1) is 25.2 Å². The number of methoxy groups -OCH3 is 2. The van der Waals surface area contributed by atoms with Gasteiger partial charge in [0.1, 0.15) is 11.8 Å². The minimum Gasteiger partial charge on any atom is -0.491 e. The molecule has 0 amide bonds. The van der Waals surface area contributed by atoms with E-state index in [4.69, 9.17) is 14.2 Å². The van der Waals surface area contributed by atoms with Crippen molar-refractivity contribution in [1.29, 1.82) is 0 Å². The Morgan fingerprint density at radius 1 is 1.08 bits per heavy atom. The molecule has 0 aliphatic heterocycles.